The lowest BCUT2D eigenvalue weighted by Gasteiger charge is -2.37. The Hall–Kier alpha value is -0.120. The SMILES string of the molecule is CC(C)CN(CC(N)(CO)C1CC1)C(C)C. The molecule has 1 unspecified atom stereocenters. The van der Waals surface area contributed by atoms with Gasteiger partial charge in [-0.2, -0.15) is 0 Å². The van der Waals surface area contributed by atoms with Crippen LogP contribution in [-0.2, 0) is 0 Å². The lowest BCUT2D eigenvalue weighted by molar-refractivity contribution is 0.0956. The summed E-state index contributed by atoms with van der Waals surface area (Å²) in [5.74, 6) is 1.18. The van der Waals surface area contributed by atoms with Gasteiger partial charge in [-0.05, 0) is 38.5 Å². The van der Waals surface area contributed by atoms with Gasteiger partial charge in [0, 0.05) is 19.1 Å². The Labute approximate surface area is 100 Å². The molecule has 0 aromatic heterocycles. The summed E-state index contributed by atoms with van der Waals surface area (Å²) in [5, 5.41) is 9.51. The van der Waals surface area contributed by atoms with Crippen molar-refractivity contribution in [1.82, 2.24) is 4.90 Å². The second kappa shape index (κ2) is 5.48. The molecule has 0 amide bonds. The van der Waals surface area contributed by atoms with Gasteiger partial charge in [-0.3, -0.25) is 4.90 Å². The Morgan fingerprint density at radius 3 is 2.19 bits per heavy atom. The molecule has 0 heterocycles. The van der Waals surface area contributed by atoms with Crippen molar-refractivity contribution in [3.63, 3.8) is 0 Å². The van der Waals surface area contributed by atoms with Crippen molar-refractivity contribution in [1.29, 1.82) is 0 Å². The van der Waals surface area contributed by atoms with Crippen molar-refractivity contribution >= 4 is 0 Å². The molecule has 1 aliphatic carbocycles. The molecule has 3 nitrogen and oxygen atoms in total. The number of rotatable bonds is 7. The van der Waals surface area contributed by atoms with Crippen LogP contribution in [-0.4, -0.2) is 41.3 Å². The van der Waals surface area contributed by atoms with Crippen LogP contribution >= 0.6 is 0 Å². The maximum absolute atomic E-state index is 9.51. The van der Waals surface area contributed by atoms with E-state index in [0.717, 1.165) is 13.1 Å². The molecule has 1 rings (SSSR count). The van der Waals surface area contributed by atoms with Crippen LogP contribution in [0.1, 0.15) is 40.5 Å². The van der Waals surface area contributed by atoms with E-state index in [1.54, 1.807) is 0 Å². The zero-order valence-electron chi connectivity index (χ0n) is 11.2. The Bertz CT molecular complexity index is 214. The molecule has 0 aliphatic heterocycles. The van der Waals surface area contributed by atoms with E-state index < -0.39 is 0 Å². The molecule has 1 saturated carbocycles. The van der Waals surface area contributed by atoms with Gasteiger partial charge >= 0.3 is 0 Å². The summed E-state index contributed by atoms with van der Waals surface area (Å²) in [5.41, 5.74) is 5.95. The van der Waals surface area contributed by atoms with Crippen LogP contribution in [0.3, 0.4) is 0 Å². The van der Waals surface area contributed by atoms with Crippen LogP contribution in [0, 0.1) is 11.8 Å². The summed E-state index contributed by atoms with van der Waals surface area (Å²) in [6.45, 7) is 10.8. The first kappa shape index (κ1) is 13.9. The number of hydrogen-bond donors (Lipinski definition) is 2. The molecule has 1 fully saturated rings. The van der Waals surface area contributed by atoms with Crippen LogP contribution in [0.4, 0.5) is 0 Å². The first-order valence-corrected chi connectivity index (χ1v) is 6.53. The molecule has 96 valence electrons. The summed E-state index contributed by atoms with van der Waals surface area (Å²) in [4.78, 5) is 2.40. The predicted octanol–water partition coefficient (Wildman–Crippen LogP) is 1.45. The van der Waals surface area contributed by atoms with E-state index in [2.05, 4.69) is 32.6 Å². The maximum Gasteiger partial charge on any atom is 0.0626 e. The fraction of sp³-hybridized carbons (Fsp3) is 1.00. The fourth-order valence-corrected chi connectivity index (χ4v) is 2.27. The zero-order valence-corrected chi connectivity index (χ0v) is 11.2. The smallest absolute Gasteiger partial charge is 0.0626 e. The summed E-state index contributed by atoms with van der Waals surface area (Å²) >= 11 is 0. The molecule has 0 bridgehead atoms. The Balaban J connectivity index is 2.58. The van der Waals surface area contributed by atoms with Gasteiger partial charge in [-0.1, -0.05) is 13.8 Å². The van der Waals surface area contributed by atoms with Crippen molar-refractivity contribution in [3.05, 3.63) is 0 Å². The van der Waals surface area contributed by atoms with Crippen LogP contribution in [0.2, 0.25) is 0 Å². The van der Waals surface area contributed by atoms with E-state index in [4.69, 9.17) is 5.73 Å². The van der Waals surface area contributed by atoms with E-state index >= 15 is 0 Å². The minimum absolute atomic E-state index is 0.110. The highest BCUT2D eigenvalue weighted by Crippen LogP contribution is 2.38. The van der Waals surface area contributed by atoms with E-state index in [-0.39, 0.29) is 12.1 Å². The normalized spacial score (nSPS) is 20.8. The highest BCUT2D eigenvalue weighted by atomic mass is 16.3. The molecule has 0 spiro atoms. The summed E-state index contributed by atoms with van der Waals surface area (Å²) in [6.07, 6.45) is 2.37. The topological polar surface area (TPSA) is 49.5 Å². The molecular weight excluding hydrogens is 200 g/mol. The second-order valence-electron chi connectivity index (χ2n) is 6.08. The average Bonchev–Trinajstić information content (AvgIpc) is 2.99. The van der Waals surface area contributed by atoms with Crippen LogP contribution in [0.25, 0.3) is 0 Å². The summed E-state index contributed by atoms with van der Waals surface area (Å²) in [6, 6.07) is 0.496. The van der Waals surface area contributed by atoms with Gasteiger partial charge < -0.3 is 10.8 Å². The van der Waals surface area contributed by atoms with Gasteiger partial charge in [-0.25, -0.2) is 0 Å². The standard InChI is InChI=1S/C13H28N2O/c1-10(2)7-15(11(3)4)8-13(14,9-16)12-5-6-12/h10-12,16H,5-9,14H2,1-4H3. The van der Waals surface area contributed by atoms with E-state index in [0.29, 0.717) is 17.9 Å². The summed E-state index contributed by atoms with van der Waals surface area (Å²) < 4.78 is 0. The lowest BCUT2D eigenvalue weighted by Crippen LogP contribution is -2.56. The molecular formula is C13H28N2O. The molecule has 0 aromatic rings. The van der Waals surface area contributed by atoms with Gasteiger partial charge in [-0.15, -0.1) is 0 Å². The van der Waals surface area contributed by atoms with Crippen molar-refractivity contribution in [2.75, 3.05) is 19.7 Å². The van der Waals surface area contributed by atoms with Crippen molar-refractivity contribution in [2.24, 2.45) is 17.6 Å². The van der Waals surface area contributed by atoms with Crippen LogP contribution < -0.4 is 5.73 Å². The molecule has 1 aliphatic rings. The molecule has 0 saturated heterocycles. The van der Waals surface area contributed by atoms with Gasteiger partial charge in [0.2, 0.25) is 0 Å². The third-order valence-electron chi connectivity index (χ3n) is 3.51. The molecule has 0 aromatic carbocycles. The number of nitrogens with zero attached hydrogens (tertiary/aromatic N) is 1. The minimum atomic E-state index is -0.376. The minimum Gasteiger partial charge on any atom is -0.394 e. The number of hydrogen-bond acceptors (Lipinski definition) is 3. The number of aliphatic hydroxyl groups is 1. The van der Waals surface area contributed by atoms with Crippen molar-refractivity contribution in [3.8, 4) is 0 Å². The molecule has 0 radical (unpaired) electrons. The third-order valence-corrected chi connectivity index (χ3v) is 3.51. The van der Waals surface area contributed by atoms with E-state index in [1.807, 2.05) is 0 Å². The monoisotopic (exact) mass is 228 g/mol. The molecule has 3 heteroatoms. The second-order valence-corrected chi connectivity index (χ2v) is 6.08. The number of nitrogens with two attached hydrogens (primary N) is 1. The highest BCUT2D eigenvalue weighted by molar-refractivity contribution is 5.00. The van der Waals surface area contributed by atoms with Gasteiger partial charge in [0.05, 0.1) is 12.1 Å². The van der Waals surface area contributed by atoms with Gasteiger partial charge in [0.15, 0.2) is 0 Å². The first-order valence-electron chi connectivity index (χ1n) is 6.53. The zero-order chi connectivity index (χ0) is 12.3. The third kappa shape index (κ3) is 3.72. The molecule has 16 heavy (non-hydrogen) atoms. The largest absolute Gasteiger partial charge is 0.394 e. The van der Waals surface area contributed by atoms with Crippen LogP contribution in [0.5, 0.6) is 0 Å². The van der Waals surface area contributed by atoms with Crippen molar-refractivity contribution < 1.29 is 5.11 Å². The van der Waals surface area contributed by atoms with Gasteiger partial charge in [0.25, 0.3) is 0 Å². The van der Waals surface area contributed by atoms with E-state index in [9.17, 15) is 5.11 Å². The maximum atomic E-state index is 9.51. The quantitative estimate of drug-likeness (QED) is 0.693. The first-order chi connectivity index (χ1) is 7.39. The Morgan fingerprint density at radius 1 is 1.31 bits per heavy atom. The fourth-order valence-electron chi connectivity index (χ4n) is 2.27. The summed E-state index contributed by atoms with van der Waals surface area (Å²) in [7, 11) is 0. The number of aliphatic hydroxyl groups excluding tert-OH is 1. The van der Waals surface area contributed by atoms with Gasteiger partial charge in [0.1, 0.15) is 0 Å². The lowest BCUT2D eigenvalue weighted by atomic mass is 9.94. The van der Waals surface area contributed by atoms with Crippen LogP contribution in [0.15, 0.2) is 0 Å². The predicted molar refractivity (Wildman–Crippen MR) is 68.3 cm³/mol. The molecule has 3 N–H and O–H groups in total. The van der Waals surface area contributed by atoms with E-state index in [1.165, 1.54) is 12.8 Å². The van der Waals surface area contributed by atoms with Crippen molar-refractivity contribution in [2.45, 2.75) is 52.1 Å². The Morgan fingerprint density at radius 2 is 1.88 bits per heavy atom. The molecule has 1 atom stereocenters. The Kier molecular flexibility index (Phi) is 4.77. The average molecular weight is 228 g/mol. The highest BCUT2D eigenvalue weighted by Gasteiger charge is 2.43.